The van der Waals surface area contributed by atoms with Gasteiger partial charge in [0.1, 0.15) is 18.2 Å². The van der Waals surface area contributed by atoms with Gasteiger partial charge in [-0.1, -0.05) is 36.2 Å². The van der Waals surface area contributed by atoms with E-state index in [4.69, 9.17) is 27.9 Å². The van der Waals surface area contributed by atoms with Gasteiger partial charge >= 0.3 is 0 Å². The van der Waals surface area contributed by atoms with E-state index in [0.29, 0.717) is 22.6 Å². The number of likely N-dealkylation sites (N-methyl/N-ethyl adjacent to an activating group) is 1. The summed E-state index contributed by atoms with van der Waals surface area (Å²) in [6.07, 6.45) is 2.51. The lowest BCUT2D eigenvalue weighted by Gasteiger charge is -2.23. The molecule has 146 valence electrons. The predicted molar refractivity (Wildman–Crippen MR) is 109 cm³/mol. The molecule has 1 heterocycles. The van der Waals surface area contributed by atoms with Crippen LogP contribution >= 0.6 is 23.2 Å². The topological polar surface area (TPSA) is 24.5 Å². The lowest BCUT2D eigenvalue weighted by Crippen LogP contribution is -2.37. The lowest BCUT2D eigenvalue weighted by molar-refractivity contribution is 0.259. The first kappa shape index (κ1) is 20.4. The number of nitrogens with zero attached hydrogens (tertiary/aromatic N) is 1. The van der Waals surface area contributed by atoms with Crippen molar-refractivity contribution in [1.29, 1.82) is 0 Å². The van der Waals surface area contributed by atoms with E-state index in [1.54, 1.807) is 6.07 Å². The Kier molecular flexibility index (Phi) is 7.36. The molecule has 2 aromatic rings. The summed E-state index contributed by atoms with van der Waals surface area (Å²) in [5.41, 5.74) is 1.75. The molecule has 1 aliphatic heterocycles. The van der Waals surface area contributed by atoms with Crippen molar-refractivity contribution >= 4 is 23.2 Å². The summed E-state index contributed by atoms with van der Waals surface area (Å²) in [6, 6.07) is 10.5. The third-order valence-corrected chi connectivity index (χ3v) is 5.61. The van der Waals surface area contributed by atoms with Crippen molar-refractivity contribution in [3.63, 3.8) is 0 Å². The summed E-state index contributed by atoms with van der Waals surface area (Å²) in [4.78, 5) is 2.51. The van der Waals surface area contributed by atoms with Gasteiger partial charge in [-0.05, 0) is 56.3 Å². The number of ether oxygens (including phenoxy) is 1. The Bertz CT molecular complexity index is 772. The lowest BCUT2D eigenvalue weighted by atomic mass is 10.1. The van der Waals surface area contributed by atoms with Crippen molar-refractivity contribution in [3.05, 3.63) is 63.4 Å². The molecular weight excluding hydrogens is 386 g/mol. The quantitative estimate of drug-likeness (QED) is 0.639. The fourth-order valence-corrected chi connectivity index (χ4v) is 3.95. The van der Waals surface area contributed by atoms with Crippen LogP contribution < -0.4 is 10.1 Å². The minimum Gasteiger partial charge on any atom is -0.489 e. The number of hydrogen-bond acceptors (Lipinski definition) is 3. The molecule has 0 aromatic heterocycles. The summed E-state index contributed by atoms with van der Waals surface area (Å²) in [5, 5.41) is 4.58. The van der Waals surface area contributed by atoms with Gasteiger partial charge in [-0.3, -0.25) is 4.90 Å². The number of halogens is 3. The van der Waals surface area contributed by atoms with Crippen LogP contribution in [0.1, 0.15) is 30.9 Å². The van der Waals surface area contributed by atoms with E-state index in [1.165, 1.54) is 31.5 Å². The molecular formula is C21H25Cl2FN2O. The van der Waals surface area contributed by atoms with Gasteiger partial charge in [0.15, 0.2) is 0 Å². The van der Waals surface area contributed by atoms with Crippen LogP contribution in [0.5, 0.6) is 5.75 Å². The molecule has 6 heteroatoms. The van der Waals surface area contributed by atoms with Crippen molar-refractivity contribution in [2.75, 3.05) is 19.6 Å². The second-order valence-corrected chi connectivity index (χ2v) is 7.68. The summed E-state index contributed by atoms with van der Waals surface area (Å²) in [5.74, 6) is 0.402. The van der Waals surface area contributed by atoms with Crippen molar-refractivity contribution in [2.45, 2.75) is 39.0 Å². The molecule has 3 rings (SSSR count). The summed E-state index contributed by atoms with van der Waals surface area (Å²) >= 11 is 12.3. The van der Waals surface area contributed by atoms with Crippen LogP contribution in [0.25, 0.3) is 0 Å². The Morgan fingerprint density at radius 3 is 2.81 bits per heavy atom. The largest absolute Gasteiger partial charge is 0.489 e. The number of hydrogen-bond donors (Lipinski definition) is 1. The zero-order chi connectivity index (χ0) is 19.2. The maximum Gasteiger partial charge on any atom is 0.124 e. The highest BCUT2D eigenvalue weighted by Gasteiger charge is 2.22. The second-order valence-electron chi connectivity index (χ2n) is 6.83. The molecule has 0 unspecified atom stereocenters. The number of likely N-dealkylation sites (tertiary alicyclic amines) is 1. The van der Waals surface area contributed by atoms with Gasteiger partial charge in [-0.15, -0.1) is 0 Å². The van der Waals surface area contributed by atoms with Crippen LogP contribution in [-0.2, 0) is 13.2 Å². The van der Waals surface area contributed by atoms with E-state index < -0.39 is 0 Å². The molecule has 1 fully saturated rings. The van der Waals surface area contributed by atoms with Crippen LogP contribution in [0.3, 0.4) is 0 Å². The van der Waals surface area contributed by atoms with Crippen molar-refractivity contribution < 1.29 is 9.13 Å². The molecule has 1 atom stereocenters. The molecule has 27 heavy (non-hydrogen) atoms. The fraction of sp³-hybridized carbons (Fsp3) is 0.429. The van der Waals surface area contributed by atoms with Crippen LogP contribution in [-0.4, -0.2) is 30.6 Å². The first-order valence-corrected chi connectivity index (χ1v) is 10.1. The molecule has 1 saturated heterocycles. The van der Waals surface area contributed by atoms with Gasteiger partial charge in [0.2, 0.25) is 0 Å². The zero-order valence-corrected chi connectivity index (χ0v) is 17.0. The average molecular weight is 411 g/mol. The monoisotopic (exact) mass is 410 g/mol. The molecule has 1 aliphatic rings. The highest BCUT2D eigenvalue weighted by Crippen LogP contribution is 2.26. The summed E-state index contributed by atoms with van der Waals surface area (Å²) in [7, 11) is 0. The minimum atomic E-state index is -0.354. The number of benzene rings is 2. The summed E-state index contributed by atoms with van der Waals surface area (Å²) < 4.78 is 19.1. The number of rotatable bonds is 8. The van der Waals surface area contributed by atoms with Crippen molar-refractivity contribution in [1.82, 2.24) is 10.2 Å². The second kappa shape index (κ2) is 9.74. The predicted octanol–water partition coefficient (Wildman–Crippen LogP) is 5.29. The summed E-state index contributed by atoms with van der Waals surface area (Å²) in [6.45, 7) is 6.40. The fourth-order valence-electron chi connectivity index (χ4n) is 3.54. The zero-order valence-electron chi connectivity index (χ0n) is 15.5. The molecule has 0 saturated carbocycles. The highest BCUT2D eigenvalue weighted by molar-refractivity contribution is 6.31. The minimum absolute atomic E-state index is 0.278. The van der Waals surface area contributed by atoms with Gasteiger partial charge in [-0.2, -0.15) is 0 Å². The van der Waals surface area contributed by atoms with E-state index in [0.717, 1.165) is 30.0 Å². The first-order chi connectivity index (χ1) is 13.1. The van der Waals surface area contributed by atoms with Gasteiger partial charge in [0.25, 0.3) is 0 Å². The Labute approximate surface area is 170 Å². The van der Waals surface area contributed by atoms with Gasteiger partial charge in [0, 0.05) is 35.3 Å². The molecule has 0 amide bonds. The van der Waals surface area contributed by atoms with E-state index in [1.807, 2.05) is 18.2 Å². The Morgan fingerprint density at radius 2 is 2.04 bits per heavy atom. The van der Waals surface area contributed by atoms with Crippen LogP contribution in [0.2, 0.25) is 10.0 Å². The highest BCUT2D eigenvalue weighted by atomic mass is 35.5. The van der Waals surface area contributed by atoms with E-state index in [2.05, 4.69) is 17.1 Å². The normalized spacial score (nSPS) is 17.4. The van der Waals surface area contributed by atoms with E-state index in [9.17, 15) is 4.39 Å². The van der Waals surface area contributed by atoms with Crippen LogP contribution in [0.4, 0.5) is 4.39 Å². The van der Waals surface area contributed by atoms with Crippen LogP contribution in [0.15, 0.2) is 36.4 Å². The van der Waals surface area contributed by atoms with Crippen molar-refractivity contribution in [3.8, 4) is 5.75 Å². The smallest absolute Gasteiger partial charge is 0.124 e. The Morgan fingerprint density at radius 1 is 1.19 bits per heavy atom. The molecule has 2 aromatic carbocycles. The molecule has 0 radical (unpaired) electrons. The third kappa shape index (κ3) is 5.58. The Hall–Kier alpha value is -1.33. The SMILES string of the molecule is CCN1CCC[C@@H]1CNCc1cc(Cl)ccc1OCc1ccc(F)cc1Cl. The Balaban J connectivity index is 1.60. The molecule has 1 N–H and O–H groups in total. The average Bonchev–Trinajstić information content (AvgIpc) is 3.10. The van der Waals surface area contributed by atoms with Gasteiger partial charge in [-0.25, -0.2) is 4.39 Å². The van der Waals surface area contributed by atoms with Gasteiger partial charge in [0.05, 0.1) is 5.02 Å². The molecule has 0 spiro atoms. The molecule has 0 aliphatic carbocycles. The maximum absolute atomic E-state index is 13.2. The maximum atomic E-state index is 13.2. The van der Waals surface area contributed by atoms with Crippen molar-refractivity contribution in [2.24, 2.45) is 0 Å². The van der Waals surface area contributed by atoms with Gasteiger partial charge < -0.3 is 10.1 Å². The molecule has 0 bridgehead atoms. The number of nitrogens with one attached hydrogen (secondary N) is 1. The van der Waals surface area contributed by atoms with E-state index >= 15 is 0 Å². The third-order valence-electron chi connectivity index (χ3n) is 5.02. The van der Waals surface area contributed by atoms with Crippen LogP contribution in [0, 0.1) is 5.82 Å². The first-order valence-electron chi connectivity index (χ1n) is 9.36. The molecule has 3 nitrogen and oxygen atoms in total. The standard InChI is InChI=1S/C21H25Cl2FN2O/c1-2-26-9-3-4-19(26)13-25-12-16-10-17(22)6-8-21(16)27-14-15-5-7-18(24)11-20(15)23/h5-8,10-11,19,25H,2-4,9,12-14H2,1H3/t19-/m1/s1. The van der Waals surface area contributed by atoms with E-state index in [-0.39, 0.29) is 12.4 Å².